The lowest BCUT2D eigenvalue weighted by molar-refractivity contribution is -0.384. The molecule has 0 saturated heterocycles. The van der Waals surface area contributed by atoms with Crippen molar-refractivity contribution < 1.29 is 14.8 Å². The highest BCUT2D eigenvalue weighted by Gasteiger charge is 2.17. The summed E-state index contributed by atoms with van der Waals surface area (Å²) < 4.78 is 0. The van der Waals surface area contributed by atoms with Crippen molar-refractivity contribution in [1.29, 1.82) is 0 Å². The smallest absolute Gasteiger partial charge is 0.270 e. The molecule has 3 N–H and O–H groups in total. The van der Waals surface area contributed by atoms with E-state index in [9.17, 15) is 20.0 Å². The molecule has 0 radical (unpaired) electrons. The van der Waals surface area contributed by atoms with E-state index >= 15 is 0 Å². The number of aromatic nitrogens is 1. The minimum atomic E-state index is -0.562. The van der Waals surface area contributed by atoms with Gasteiger partial charge in [0.2, 0.25) is 5.91 Å². The maximum absolute atomic E-state index is 12.1. The van der Waals surface area contributed by atoms with E-state index in [2.05, 4.69) is 10.3 Å². The number of non-ortho nitro benzene ring substituents is 1. The highest BCUT2D eigenvalue weighted by Crippen LogP contribution is 2.24. The van der Waals surface area contributed by atoms with Crippen LogP contribution in [-0.4, -0.2) is 33.6 Å². The Morgan fingerprint density at radius 2 is 2.08 bits per heavy atom. The van der Waals surface area contributed by atoms with Crippen LogP contribution in [-0.2, 0) is 11.2 Å². The van der Waals surface area contributed by atoms with Gasteiger partial charge in [0.1, 0.15) is 0 Å². The van der Waals surface area contributed by atoms with Crippen molar-refractivity contribution >= 4 is 22.5 Å². The third kappa shape index (κ3) is 4.11. The molecule has 0 aliphatic carbocycles. The fourth-order valence-corrected chi connectivity index (χ4v) is 2.88. The maximum Gasteiger partial charge on any atom is 0.270 e. The van der Waals surface area contributed by atoms with Gasteiger partial charge in [-0.3, -0.25) is 14.9 Å². The van der Waals surface area contributed by atoms with Gasteiger partial charge in [0, 0.05) is 35.8 Å². The van der Waals surface area contributed by atoms with Gasteiger partial charge in [0.25, 0.3) is 5.69 Å². The highest BCUT2D eigenvalue weighted by molar-refractivity contribution is 5.90. The molecule has 1 unspecified atom stereocenters. The van der Waals surface area contributed by atoms with Crippen LogP contribution in [0.15, 0.2) is 24.4 Å². The highest BCUT2D eigenvalue weighted by atomic mass is 16.6. The van der Waals surface area contributed by atoms with Gasteiger partial charge in [0.15, 0.2) is 0 Å². The molecule has 130 valence electrons. The Morgan fingerprint density at radius 1 is 1.38 bits per heavy atom. The number of hydrogen-bond donors (Lipinski definition) is 3. The normalized spacial score (nSPS) is 12.5. The number of amides is 1. The van der Waals surface area contributed by atoms with Gasteiger partial charge in [-0.05, 0) is 17.5 Å². The Balaban J connectivity index is 2.02. The van der Waals surface area contributed by atoms with Crippen molar-refractivity contribution in [1.82, 2.24) is 10.3 Å². The van der Waals surface area contributed by atoms with Crippen LogP contribution in [0.25, 0.3) is 10.9 Å². The van der Waals surface area contributed by atoms with E-state index < -0.39 is 11.0 Å². The van der Waals surface area contributed by atoms with E-state index in [1.54, 1.807) is 12.3 Å². The number of carbonyl (C=O) groups is 1. The van der Waals surface area contributed by atoms with Gasteiger partial charge in [-0.15, -0.1) is 0 Å². The summed E-state index contributed by atoms with van der Waals surface area (Å²) in [5.74, 6) is -0.0477. The molecule has 0 fully saturated rings. The van der Waals surface area contributed by atoms with Gasteiger partial charge in [-0.2, -0.15) is 0 Å². The molecule has 0 aliphatic heterocycles. The third-order valence-corrected chi connectivity index (χ3v) is 4.41. The number of nitro groups is 1. The predicted octanol–water partition coefficient (Wildman–Crippen LogP) is 2.53. The minimum Gasteiger partial charge on any atom is -0.391 e. The quantitative estimate of drug-likeness (QED) is 0.509. The molecule has 1 atom stereocenters. The van der Waals surface area contributed by atoms with Crippen LogP contribution in [0, 0.1) is 16.0 Å². The zero-order valence-corrected chi connectivity index (χ0v) is 13.9. The summed E-state index contributed by atoms with van der Waals surface area (Å²) in [6, 6.07) is 4.52. The molecule has 7 nitrogen and oxygen atoms in total. The first-order chi connectivity index (χ1) is 11.5. The van der Waals surface area contributed by atoms with E-state index in [4.69, 9.17) is 0 Å². The van der Waals surface area contributed by atoms with E-state index in [-0.39, 0.29) is 30.5 Å². The molecular weight excluding hydrogens is 310 g/mol. The summed E-state index contributed by atoms with van der Waals surface area (Å²) in [4.78, 5) is 25.5. The molecule has 1 heterocycles. The monoisotopic (exact) mass is 333 g/mol. The SMILES string of the molecule is CCC(CC)C(O)CNC(=O)Cc1c[nH]c2ccc([N+](=O)[O-])cc12. The van der Waals surface area contributed by atoms with Gasteiger partial charge in [-0.1, -0.05) is 26.7 Å². The number of nitrogens with zero attached hydrogens (tertiary/aromatic N) is 1. The molecule has 1 aromatic heterocycles. The second kappa shape index (κ2) is 7.92. The number of nitro benzene ring substituents is 1. The van der Waals surface area contributed by atoms with Gasteiger partial charge in [0.05, 0.1) is 17.4 Å². The Labute approximate surface area is 140 Å². The fourth-order valence-electron chi connectivity index (χ4n) is 2.88. The van der Waals surface area contributed by atoms with Crippen LogP contribution in [0.4, 0.5) is 5.69 Å². The van der Waals surface area contributed by atoms with Crippen LogP contribution >= 0.6 is 0 Å². The molecule has 24 heavy (non-hydrogen) atoms. The lowest BCUT2D eigenvalue weighted by Crippen LogP contribution is -2.36. The molecule has 2 aromatic rings. The molecule has 7 heteroatoms. The molecule has 2 rings (SSSR count). The number of aliphatic hydroxyl groups is 1. The Bertz CT molecular complexity index is 722. The van der Waals surface area contributed by atoms with Crippen LogP contribution in [0.5, 0.6) is 0 Å². The minimum absolute atomic E-state index is 0.00656. The largest absolute Gasteiger partial charge is 0.391 e. The number of carbonyl (C=O) groups excluding carboxylic acids is 1. The number of H-pyrrole nitrogens is 1. The zero-order chi connectivity index (χ0) is 17.7. The van der Waals surface area contributed by atoms with E-state index in [0.717, 1.165) is 18.4 Å². The number of rotatable bonds is 8. The summed E-state index contributed by atoms with van der Waals surface area (Å²) in [5, 5.41) is 24.3. The van der Waals surface area contributed by atoms with Crippen molar-refractivity contribution in [3.63, 3.8) is 0 Å². The molecule has 0 saturated carbocycles. The van der Waals surface area contributed by atoms with E-state index in [1.807, 2.05) is 13.8 Å². The van der Waals surface area contributed by atoms with Gasteiger partial charge in [-0.25, -0.2) is 0 Å². The molecular formula is C17H23N3O4. The van der Waals surface area contributed by atoms with Crippen LogP contribution < -0.4 is 5.32 Å². The summed E-state index contributed by atoms with van der Waals surface area (Å²) in [5.41, 5.74) is 1.44. The number of aliphatic hydroxyl groups excluding tert-OH is 1. The fraction of sp³-hybridized carbons (Fsp3) is 0.471. The lowest BCUT2D eigenvalue weighted by Gasteiger charge is -2.20. The van der Waals surface area contributed by atoms with Crippen LogP contribution in [0.3, 0.4) is 0 Å². The van der Waals surface area contributed by atoms with Crippen LogP contribution in [0.1, 0.15) is 32.3 Å². The molecule has 0 aliphatic rings. The lowest BCUT2D eigenvalue weighted by atomic mass is 9.96. The van der Waals surface area contributed by atoms with Crippen LogP contribution in [0.2, 0.25) is 0 Å². The van der Waals surface area contributed by atoms with E-state index in [1.165, 1.54) is 12.1 Å². The molecule has 1 aromatic carbocycles. The van der Waals surface area contributed by atoms with Gasteiger partial charge >= 0.3 is 0 Å². The first-order valence-corrected chi connectivity index (χ1v) is 8.15. The zero-order valence-electron chi connectivity index (χ0n) is 13.9. The van der Waals surface area contributed by atoms with Crippen molar-refractivity contribution in [3.05, 3.63) is 40.1 Å². The summed E-state index contributed by atoms with van der Waals surface area (Å²) in [6.45, 7) is 4.24. The van der Waals surface area contributed by atoms with Crippen molar-refractivity contribution in [2.24, 2.45) is 5.92 Å². The average Bonchev–Trinajstić information content (AvgIpc) is 2.96. The number of nitrogens with one attached hydrogen (secondary N) is 2. The standard InChI is InChI=1S/C17H23N3O4/c1-3-11(4-2)16(21)10-19-17(22)7-12-9-18-15-6-5-13(20(23)24)8-14(12)15/h5-6,8-9,11,16,18,21H,3-4,7,10H2,1-2H3,(H,19,22). The maximum atomic E-state index is 12.1. The molecule has 0 spiro atoms. The van der Waals surface area contributed by atoms with Crippen molar-refractivity contribution in [2.75, 3.05) is 6.54 Å². The number of benzene rings is 1. The Kier molecular flexibility index (Phi) is 5.92. The Morgan fingerprint density at radius 3 is 2.71 bits per heavy atom. The summed E-state index contributed by atoms with van der Waals surface area (Å²) in [6.07, 6.45) is 2.95. The summed E-state index contributed by atoms with van der Waals surface area (Å²) >= 11 is 0. The van der Waals surface area contributed by atoms with Crippen molar-refractivity contribution in [3.8, 4) is 0 Å². The first kappa shape index (κ1) is 17.9. The third-order valence-electron chi connectivity index (χ3n) is 4.41. The van der Waals surface area contributed by atoms with E-state index in [0.29, 0.717) is 10.9 Å². The Hall–Kier alpha value is -2.41. The topological polar surface area (TPSA) is 108 Å². The second-order valence-electron chi connectivity index (χ2n) is 5.93. The summed E-state index contributed by atoms with van der Waals surface area (Å²) in [7, 11) is 0. The van der Waals surface area contributed by atoms with Crippen molar-refractivity contribution in [2.45, 2.75) is 39.2 Å². The van der Waals surface area contributed by atoms with Gasteiger partial charge < -0.3 is 15.4 Å². The number of fused-ring (bicyclic) bond motifs is 1. The second-order valence-corrected chi connectivity index (χ2v) is 5.93. The average molecular weight is 333 g/mol. The molecule has 1 amide bonds. The first-order valence-electron chi connectivity index (χ1n) is 8.15. The number of hydrogen-bond acceptors (Lipinski definition) is 4. The number of aromatic amines is 1. The molecule has 0 bridgehead atoms. The predicted molar refractivity (Wildman–Crippen MR) is 91.7 cm³/mol.